The van der Waals surface area contributed by atoms with Crippen molar-refractivity contribution in [3.8, 4) is 5.75 Å². The molecule has 0 bridgehead atoms. The topological polar surface area (TPSA) is 70.7 Å². The first kappa shape index (κ1) is 16.8. The number of nitrogens with one attached hydrogen (secondary N) is 2. The molecule has 2 N–H and O–H groups in total. The van der Waals surface area contributed by atoms with Crippen molar-refractivity contribution in [3.63, 3.8) is 0 Å². The van der Waals surface area contributed by atoms with Crippen LogP contribution in [0.25, 0.3) is 0 Å². The summed E-state index contributed by atoms with van der Waals surface area (Å²) in [4.78, 5) is 25.5. The average Bonchev–Trinajstić information content (AvgIpc) is 2.61. The van der Waals surface area contributed by atoms with Crippen LogP contribution in [0.4, 0.5) is 16.2 Å². The Balaban J connectivity index is 1.65. The van der Waals surface area contributed by atoms with Crippen LogP contribution in [0.15, 0.2) is 42.5 Å². The second kappa shape index (κ2) is 7.25. The number of hydrogen-bond acceptors (Lipinski definition) is 3. The van der Waals surface area contributed by atoms with E-state index >= 15 is 0 Å². The molecular formula is C19H21N3O3. The maximum absolute atomic E-state index is 12.2. The van der Waals surface area contributed by atoms with Crippen molar-refractivity contribution >= 4 is 23.3 Å². The van der Waals surface area contributed by atoms with Gasteiger partial charge in [-0.25, -0.2) is 4.79 Å². The van der Waals surface area contributed by atoms with E-state index in [0.29, 0.717) is 17.9 Å². The van der Waals surface area contributed by atoms with E-state index in [1.165, 1.54) is 5.56 Å². The lowest BCUT2D eigenvalue weighted by atomic mass is 9.99. The first-order chi connectivity index (χ1) is 12.0. The number of nitrogens with zero attached hydrogens (tertiary/aromatic N) is 1. The highest BCUT2D eigenvalue weighted by Gasteiger charge is 2.18. The summed E-state index contributed by atoms with van der Waals surface area (Å²) in [5.41, 5.74) is 3.68. The lowest BCUT2D eigenvalue weighted by Crippen LogP contribution is -2.34. The van der Waals surface area contributed by atoms with Crippen molar-refractivity contribution in [1.29, 1.82) is 0 Å². The SMILES string of the molecule is COc1ccc(NC(=O)Nc2ccc3c(c2)CN(C(C)=O)CC3)cc1. The van der Waals surface area contributed by atoms with Gasteiger partial charge in [-0.05, 0) is 53.9 Å². The zero-order valence-corrected chi connectivity index (χ0v) is 14.3. The molecule has 1 heterocycles. The van der Waals surface area contributed by atoms with Crippen molar-refractivity contribution < 1.29 is 14.3 Å². The van der Waals surface area contributed by atoms with Crippen molar-refractivity contribution in [2.75, 3.05) is 24.3 Å². The van der Waals surface area contributed by atoms with Crippen molar-refractivity contribution in [1.82, 2.24) is 4.90 Å². The molecule has 0 aliphatic carbocycles. The number of urea groups is 1. The lowest BCUT2D eigenvalue weighted by molar-refractivity contribution is -0.129. The number of hydrogen-bond donors (Lipinski definition) is 2. The predicted octanol–water partition coefficient (Wildman–Crippen LogP) is 3.24. The van der Waals surface area contributed by atoms with Crippen LogP contribution in [-0.4, -0.2) is 30.5 Å². The summed E-state index contributed by atoms with van der Waals surface area (Å²) in [5.74, 6) is 0.803. The molecule has 1 aliphatic rings. The molecule has 2 aromatic rings. The van der Waals surface area contributed by atoms with Crippen LogP contribution in [0, 0.1) is 0 Å². The first-order valence-electron chi connectivity index (χ1n) is 8.14. The molecule has 0 spiro atoms. The molecule has 3 amide bonds. The Bertz CT molecular complexity index is 787. The third kappa shape index (κ3) is 4.09. The van der Waals surface area contributed by atoms with E-state index in [9.17, 15) is 9.59 Å². The third-order valence-corrected chi connectivity index (χ3v) is 4.27. The molecule has 1 aliphatic heterocycles. The molecule has 2 aromatic carbocycles. The number of rotatable bonds is 3. The predicted molar refractivity (Wildman–Crippen MR) is 96.9 cm³/mol. The second-order valence-electron chi connectivity index (χ2n) is 5.98. The lowest BCUT2D eigenvalue weighted by Gasteiger charge is -2.28. The van der Waals surface area contributed by atoms with Gasteiger partial charge in [0.2, 0.25) is 5.91 Å². The molecule has 0 radical (unpaired) electrons. The van der Waals surface area contributed by atoms with Crippen molar-refractivity contribution in [2.24, 2.45) is 0 Å². The number of fused-ring (bicyclic) bond motifs is 1. The maximum atomic E-state index is 12.2. The molecular weight excluding hydrogens is 318 g/mol. The minimum Gasteiger partial charge on any atom is -0.497 e. The van der Waals surface area contributed by atoms with Gasteiger partial charge in [-0.2, -0.15) is 0 Å². The van der Waals surface area contributed by atoms with Gasteiger partial charge >= 0.3 is 6.03 Å². The number of ether oxygens (including phenoxy) is 1. The van der Waals surface area contributed by atoms with E-state index in [-0.39, 0.29) is 11.9 Å². The standard InChI is InChI=1S/C19H21N3O3/c1-13(23)22-10-9-14-3-4-17(11-15(14)12-22)21-19(24)20-16-5-7-18(25-2)8-6-16/h3-8,11H,9-10,12H2,1-2H3,(H2,20,21,24). The molecule has 0 aromatic heterocycles. The molecule has 130 valence electrons. The van der Waals surface area contributed by atoms with Crippen molar-refractivity contribution in [3.05, 3.63) is 53.6 Å². The van der Waals surface area contributed by atoms with Crippen LogP contribution in [-0.2, 0) is 17.8 Å². The molecule has 6 heteroatoms. The van der Waals surface area contributed by atoms with Crippen LogP contribution < -0.4 is 15.4 Å². The number of carbonyl (C=O) groups excluding carboxylic acids is 2. The van der Waals surface area contributed by atoms with E-state index in [0.717, 1.165) is 24.3 Å². The van der Waals surface area contributed by atoms with E-state index in [2.05, 4.69) is 10.6 Å². The fraction of sp³-hybridized carbons (Fsp3) is 0.263. The van der Waals surface area contributed by atoms with Crippen LogP contribution in [0.2, 0.25) is 0 Å². The smallest absolute Gasteiger partial charge is 0.323 e. The van der Waals surface area contributed by atoms with E-state index in [1.807, 2.05) is 23.1 Å². The third-order valence-electron chi connectivity index (χ3n) is 4.27. The number of amides is 3. The van der Waals surface area contributed by atoms with Gasteiger partial charge in [0.15, 0.2) is 0 Å². The van der Waals surface area contributed by atoms with Crippen LogP contribution in [0.3, 0.4) is 0 Å². The number of anilines is 2. The van der Waals surface area contributed by atoms with Gasteiger partial charge in [0.05, 0.1) is 7.11 Å². The largest absolute Gasteiger partial charge is 0.497 e. The Hall–Kier alpha value is -3.02. The van der Waals surface area contributed by atoms with E-state index < -0.39 is 0 Å². The molecule has 3 rings (SSSR count). The summed E-state index contributed by atoms with van der Waals surface area (Å²) in [6.45, 7) is 2.91. The van der Waals surface area contributed by atoms with Gasteiger partial charge in [-0.15, -0.1) is 0 Å². The zero-order chi connectivity index (χ0) is 17.8. The van der Waals surface area contributed by atoms with Crippen molar-refractivity contribution in [2.45, 2.75) is 19.9 Å². The van der Waals surface area contributed by atoms with Crippen LogP contribution in [0.1, 0.15) is 18.1 Å². The fourth-order valence-corrected chi connectivity index (χ4v) is 2.87. The summed E-state index contributed by atoms with van der Waals surface area (Å²) in [6, 6.07) is 12.6. The summed E-state index contributed by atoms with van der Waals surface area (Å²) in [5, 5.41) is 5.61. The molecule has 0 unspecified atom stereocenters. The molecule has 0 saturated carbocycles. The van der Waals surface area contributed by atoms with E-state index in [4.69, 9.17) is 4.74 Å². The first-order valence-corrected chi connectivity index (χ1v) is 8.14. The maximum Gasteiger partial charge on any atom is 0.323 e. The quantitative estimate of drug-likeness (QED) is 0.902. The Morgan fingerprint density at radius 1 is 1.00 bits per heavy atom. The minimum atomic E-state index is -0.315. The van der Waals surface area contributed by atoms with Gasteiger partial charge in [-0.1, -0.05) is 6.07 Å². The molecule has 6 nitrogen and oxygen atoms in total. The average molecular weight is 339 g/mol. The minimum absolute atomic E-state index is 0.0706. The monoisotopic (exact) mass is 339 g/mol. The Kier molecular flexibility index (Phi) is 4.88. The summed E-state index contributed by atoms with van der Waals surface area (Å²) in [6.07, 6.45) is 0.841. The Morgan fingerprint density at radius 3 is 2.36 bits per heavy atom. The highest BCUT2D eigenvalue weighted by atomic mass is 16.5. The molecule has 0 saturated heterocycles. The highest BCUT2D eigenvalue weighted by molar-refractivity contribution is 5.99. The molecule has 0 atom stereocenters. The Labute approximate surface area is 146 Å². The number of benzene rings is 2. The summed E-state index contributed by atoms with van der Waals surface area (Å²) < 4.78 is 5.09. The van der Waals surface area contributed by atoms with Gasteiger partial charge in [0.1, 0.15) is 5.75 Å². The fourth-order valence-electron chi connectivity index (χ4n) is 2.87. The summed E-state index contributed by atoms with van der Waals surface area (Å²) in [7, 11) is 1.60. The van der Waals surface area contributed by atoms with Crippen LogP contribution >= 0.6 is 0 Å². The van der Waals surface area contributed by atoms with Gasteiger partial charge in [-0.3, -0.25) is 4.79 Å². The second-order valence-corrected chi connectivity index (χ2v) is 5.98. The Morgan fingerprint density at radius 2 is 1.68 bits per heavy atom. The van der Waals surface area contributed by atoms with Crippen LogP contribution in [0.5, 0.6) is 5.75 Å². The van der Waals surface area contributed by atoms with Gasteiger partial charge in [0.25, 0.3) is 0 Å². The normalized spacial score (nSPS) is 13.0. The van der Waals surface area contributed by atoms with Gasteiger partial charge in [0, 0.05) is 31.4 Å². The highest BCUT2D eigenvalue weighted by Crippen LogP contribution is 2.23. The molecule has 25 heavy (non-hydrogen) atoms. The van der Waals surface area contributed by atoms with E-state index in [1.54, 1.807) is 38.3 Å². The van der Waals surface area contributed by atoms with Gasteiger partial charge < -0.3 is 20.3 Å². The molecule has 0 fully saturated rings. The summed E-state index contributed by atoms with van der Waals surface area (Å²) >= 11 is 0. The number of methoxy groups -OCH3 is 1. The number of carbonyl (C=O) groups is 2. The zero-order valence-electron chi connectivity index (χ0n) is 14.3.